The van der Waals surface area contributed by atoms with Crippen molar-refractivity contribution in [2.45, 2.75) is 37.1 Å². The maximum Gasteiger partial charge on any atom is 0.263 e. The molecule has 1 fully saturated rings. The monoisotopic (exact) mass is 430 g/mol. The average Bonchev–Trinajstić information content (AvgIpc) is 3.44. The van der Waals surface area contributed by atoms with Crippen molar-refractivity contribution in [3.8, 4) is 0 Å². The molecule has 9 heteroatoms. The van der Waals surface area contributed by atoms with Gasteiger partial charge in [0.2, 0.25) is 5.91 Å². The molecule has 2 aliphatic heterocycles. The zero-order chi connectivity index (χ0) is 21.1. The van der Waals surface area contributed by atoms with Crippen LogP contribution in [0.25, 0.3) is 0 Å². The SMILES string of the molecule is Cc1ccc(C(CNC(=O)CCN=C2NS(=O)(=O)c3ccccc32)N2CCCC2)o1. The van der Waals surface area contributed by atoms with E-state index in [-0.39, 0.29) is 29.8 Å². The van der Waals surface area contributed by atoms with Gasteiger partial charge in [-0.05, 0) is 57.1 Å². The summed E-state index contributed by atoms with van der Waals surface area (Å²) < 4.78 is 32.5. The summed E-state index contributed by atoms with van der Waals surface area (Å²) in [4.78, 5) is 19.2. The lowest BCUT2D eigenvalue weighted by molar-refractivity contribution is -0.121. The molecular formula is C21H26N4O4S. The van der Waals surface area contributed by atoms with E-state index in [0.29, 0.717) is 17.9 Å². The fourth-order valence-corrected chi connectivity index (χ4v) is 5.17. The molecule has 8 nitrogen and oxygen atoms in total. The van der Waals surface area contributed by atoms with Crippen LogP contribution in [0, 0.1) is 6.92 Å². The average molecular weight is 431 g/mol. The number of hydrogen-bond acceptors (Lipinski definition) is 6. The van der Waals surface area contributed by atoms with E-state index in [0.717, 1.165) is 37.5 Å². The summed E-state index contributed by atoms with van der Waals surface area (Å²) in [5.41, 5.74) is 0.542. The van der Waals surface area contributed by atoms with Gasteiger partial charge >= 0.3 is 0 Å². The Labute approximate surface area is 176 Å². The number of carbonyl (C=O) groups excluding carboxylic acids is 1. The number of rotatable bonds is 7. The number of sulfonamides is 1. The molecule has 30 heavy (non-hydrogen) atoms. The lowest BCUT2D eigenvalue weighted by atomic mass is 10.2. The molecule has 0 aliphatic carbocycles. The van der Waals surface area contributed by atoms with E-state index in [1.165, 1.54) is 0 Å². The van der Waals surface area contributed by atoms with E-state index in [1.807, 2.05) is 19.1 Å². The molecule has 1 saturated heterocycles. The van der Waals surface area contributed by atoms with Gasteiger partial charge in [-0.25, -0.2) is 8.42 Å². The Morgan fingerprint density at radius 1 is 1.23 bits per heavy atom. The van der Waals surface area contributed by atoms with Crippen molar-refractivity contribution in [1.82, 2.24) is 14.9 Å². The van der Waals surface area contributed by atoms with Crippen LogP contribution in [0.2, 0.25) is 0 Å². The van der Waals surface area contributed by atoms with Crippen molar-refractivity contribution in [1.29, 1.82) is 0 Å². The first-order valence-corrected chi connectivity index (χ1v) is 11.7. The predicted molar refractivity (Wildman–Crippen MR) is 113 cm³/mol. The first-order chi connectivity index (χ1) is 14.4. The molecule has 160 valence electrons. The van der Waals surface area contributed by atoms with Crippen molar-refractivity contribution < 1.29 is 17.6 Å². The quantitative estimate of drug-likeness (QED) is 0.699. The van der Waals surface area contributed by atoms with Gasteiger partial charge in [0.25, 0.3) is 10.0 Å². The van der Waals surface area contributed by atoms with E-state index in [9.17, 15) is 13.2 Å². The van der Waals surface area contributed by atoms with Crippen LogP contribution in [0.5, 0.6) is 0 Å². The van der Waals surface area contributed by atoms with Crippen molar-refractivity contribution >= 4 is 21.8 Å². The summed E-state index contributed by atoms with van der Waals surface area (Å²) in [6.07, 6.45) is 2.48. The second-order valence-electron chi connectivity index (χ2n) is 7.59. The molecule has 1 unspecified atom stereocenters. The summed E-state index contributed by atoms with van der Waals surface area (Å²) in [6, 6.07) is 10.6. The van der Waals surface area contributed by atoms with Gasteiger partial charge in [0.15, 0.2) is 0 Å². The fraction of sp³-hybridized carbons (Fsp3) is 0.429. The molecule has 1 aromatic carbocycles. The molecule has 0 saturated carbocycles. The molecule has 2 N–H and O–H groups in total. The summed E-state index contributed by atoms with van der Waals surface area (Å²) in [5.74, 6) is 1.89. The molecular weight excluding hydrogens is 404 g/mol. The zero-order valence-electron chi connectivity index (χ0n) is 16.9. The molecule has 4 rings (SSSR count). The number of carbonyl (C=O) groups is 1. The minimum atomic E-state index is -3.56. The number of amidine groups is 1. The van der Waals surface area contributed by atoms with Gasteiger partial charge in [0.1, 0.15) is 17.4 Å². The Balaban J connectivity index is 1.34. The van der Waals surface area contributed by atoms with Crippen molar-refractivity contribution in [3.63, 3.8) is 0 Å². The van der Waals surface area contributed by atoms with Gasteiger partial charge < -0.3 is 9.73 Å². The summed E-state index contributed by atoms with van der Waals surface area (Å²) in [5, 5.41) is 2.98. The molecule has 1 aromatic heterocycles. The number of aliphatic imine (C=N–C) groups is 1. The Morgan fingerprint density at radius 3 is 2.73 bits per heavy atom. The Kier molecular flexibility index (Phi) is 5.92. The zero-order valence-corrected chi connectivity index (χ0v) is 17.7. The molecule has 1 atom stereocenters. The Hall–Kier alpha value is -2.65. The van der Waals surface area contributed by atoms with Crippen molar-refractivity contribution in [2.24, 2.45) is 4.99 Å². The van der Waals surface area contributed by atoms with Crippen molar-refractivity contribution in [3.05, 3.63) is 53.5 Å². The number of likely N-dealkylation sites (tertiary alicyclic amines) is 1. The van der Waals surface area contributed by atoms with Crippen LogP contribution in [0.15, 0.2) is 50.7 Å². The highest BCUT2D eigenvalue weighted by molar-refractivity contribution is 7.90. The van der Waals surface area contributed by atoms with Gasteiger partial charge in [0.05, 0.1) is 17.5 Å². The normalized spacial score (nSPS) is 20.1. The first kappa shape index (κ1) is 20.6. The lowest BCUT2D eigenvalue weighted by Gasteiger charge is -2.26. The number of nitrogens with zero attached hydrogens (tertiary/aromatic N) is 2. The van der Waals surface area contributed by atoms with Gasteiger partial charge in [0, 0.05) is 18.5 Å². The molecule has 0 bridgehead atoms. The second-order valence-corrected chi connectivity index (χ2v) is 9.24. The standard InChI is InChI=1S/C21H26N4O4S/c1-15-8-9-18(29-15)17(25-12-4-5-13-25)14-23-20(26)10-11-22-21-16-6-2-3-7-19(16)30(27,28)24-21/h2-3,6-9,17H,4-5,10-14H2,1H3,(H,22,24)(H,23,26). The minimum absolute atomic E-state index is 0.0185. The Bertz CT molecular complexity index is 1050. The highest BCUT2D eigenvalue weighted by Gasteiger charge is 2.30. The first-order valence-electron chi connectivity index (χ1n) is 10.2. The van der Waals surface area contributed by atoms with E-state index >= 15 is 0 Å². The van der Waals surface area contributed by atoms with Crippen LogP contribution >= 0.6 is 0 Å². The predicted octanol–water partition coefficient (Wildman–Crippen LogP) is 1.97. The van der Waals surface area contributed by atoms with Gasteiger partial charge in [-0.1, -0.05) is 12.1 Å². The van der Waals surface area contributed by atoms with Crippen LogP contribution < -0.4 is 10.0 Å². The molecule has 3 heterocycles. The van der Waals surface area contributed by atoms with Gasteiger partial charge in [-0.2, -0.15) is 0 Å². The van der Waals surface area contributed by atoms with Gasteiger partial charge in [-0.3, -0.25) is 19.4 Å². The minimum Gasteiger partial charge on any atom is -0.465 e. The van der Waals surface area contributed by atoms with Crippen molar-refractivity contribution in [2.75, 3.05) is 26.2 Å². The molecule has 0 spiro atoms. The molecule has 2 aromatic rings. The third-order valence-electron chi connectivity index (χ3n) is 5.44. The van der Waals surface area contributed by atoms with Crippen LogP contribution in [-0.2, 0) is 14.8 Å². The number of amides is 1. The summed E-state index contributed by atoms with van der Waals surface area (Å²) in [7, 11) is -3.56. The number of fused-ring (bicyclic) bond motifs is 1. The smallest absolute Gasteiger partial charge is 0.263 e. The molecule has 2 aliphatic rings. The highest BCUT2D eigenvalue weighted by atomic mass is 32.2. The number of aryl methyl sites for hydroxylation is 1. The number of hydrogen-bond donors (Lipinski definition) is 2. The topological polar surface area (TPSA) is 104 Å². The summed E-state index contributed by atoms with van der Waals surface area (Å²) in [6.45, 7) is 4.57. The second kappa shape index (κ2) is 8.61. The van der Waals surface area contributed by atoms with Crippen LogP contribution in [0.1, 0.15) is 42.4 Å². The van der Waals surface area contributed by atoms with Crippen LogP contribution in [0.4, 0.5) is 0 Å². The highest BCUT2D eigenvalue weighted by Crippen LogP contribution is 2.26. The number of benzene rings is 1. The van der Waals surface area contributed by atoms with Crippen LogP contribution in [-0.4, -0.2) is 51.2 Å². The lowest BCUT2D eigenvalue weighted by Crippen LogP contribution is -2.36. The fourth-order valence-electron chi connectivity index (χ4n) is 3.91. The largest absolute Gasteiger partial charge is 0.465 e. The van der Waals surface area contributed by atoms with E-state index < -0.39 is 10.0 Å². The Morgan fingerprint density at radius 2 is 2.00 bits per heavy atom. The third kappa shape index (κ3) is 4.41. The number of furan rings is 1. The van der Waals surface area contributed by atoms with E-state index in [4.69, 9.17) is 4.42 Å². The van der Waals surface area contributed by atoms with Crippen LogP contribution in [0.3, 0.4) is 0 Å². The third-order valence-corrected chi connectivity index (χ3v) is 6.83. The maximum atomic E-state index is 12.4. The molecule has 1 amide bonds. The number of nitrogens with one attached hydrogen (secondary N) is 2. The van der Waals surface area contributed by atoms with E-state index in [1.54, 1.807) is 24.3 Å². The van der Waals surface area contributed by atoms with Gasteiger partial charge in [-0.15, -0.1) is 0 Å². The molecule has 0 radical (unpaired) electrons. The maximum absolute atomic E-state index is 12.4. The summed E-state index contributed by atoms with van der Waals surface area (Å²) >= 11 is 0. The van der Waals surface area contributed by atoms with E-state index in [2.05, 4.69) is 19.9 Å².